The van der Waals surface area contributed by atoms with Crippen LogP contribution in [0.3, 0.4) is 0 Å². The number of hydrogen-bond acceptors (Lipinski definition) is 5. The van der Waals surface area contributed by atoms with Gasteiger partial charge in [-0.05, 0) is 19.9 Å². The van der Waals surface area contributed by atoms with E-state index < -0.39 is 30.6 Å². The van der Waals surface area contributed by atoms with Gasteiger partial charge in [0.15, 0.2) is 0 Å². The fourth-order valence-corrected chi connectivity index (χ4v) is 3.66. The molecule has 1 aromatic rings. The van der Waals surface area contributed by atoms with Gasteiger partial charge < -0.3 is 4.74 Å². The Kier molecular flexibility index (Phi) is 6.36. The number of halogens is 2. The highest BCUT2D eigenvalue weighted by Gasteiger charge is 2.27. The van der Waals surface area contributed by atoms with Crippen molar-refractivity contribution in [3.8, 4) is 0 Å². The summed E-state index contributed by atoms with van der Waals surface area (Å²) < 4.78 is 31.7. The molecule has 0 fully saturated rings. The van der Waals surface area contributed by atoms with Crippen LogP contribution >= 0.6 is 23.2 Å². The number of rotatable bonds is 7. The second-order valence-corrected chi connectivity index (χ2v) is 6.77. The standard InChI is InChI=1S/C11H14Cl2N2O5S/c1-7(2)20-6-5-14-21(18,19)11-8(12)3-4-9(10(11)13)15(16)17/h3-4,7,14H,5-6H2,1-2H3. The summed E-state index contributed by atoms with van der Waals surface area (Å²) in [4.78, 5) is 9.50. The average molecular weight is 357 g/mol. The Hall–Kier alpha value is -0.930. The molecule has 1 rings (SSSR count). The Morgan fingerprint density at radius 3 is 2.52 bits per heavy atom. The van der Waals surface area contributed by atoms with Crippen LogP contribution in [0, 0.1) is 10.1 Å². The molecule has 0 saturated carbocycles. The number of nitro benzene ring substituents is 1. The van der Waals surface area contributed by atoms with E-state index in [0.717, 1.165) is 12.1 Å². The molecule has 0 saturated heterocycles. The Labute approximate surface area is 132 Å². The summed E-state index contributed by atoms with van der Waals surface area (Å²) in [5, 5.41) is 10.1. The molecule has 0 bridgehead atoms. The molecule has 0 heterocycles. The molecule has 0 aliphatic rings. The third kappa shape index (κ3) is 4.79. The molecule has 0 radical (unpaired) electrons. The lowest BCUT2D eigenvalue weighted by molar-refractivity contribution is -0.384. The molecule has 0 aromatic heterocycles. The zero-order chi connectivity index (χ0) is 16.2. The number of sulfonamides is 1. The van der Waals surface area contributed by atoms with Gasteiger partial charge in [0.05, 0.1) is 22.7 Å². The van der Waals surface area contributed by atoms with Gasteiger partial charge in [-0.15, -0.1) is 0 Å². The van der Waals surface area contributed by atoms with Crippen LogP contribution in [-0.4, -0.2) is 32.6 Å². The van der Waals surface area contributed by atoms with Gasteiger partial charge >= 0.3 is 0 Å². The number of ether oxygens (including phenoxy) is 1. The van der Waals surface area contributed by atoms with Crippen molar-refractivity contribution in [2.45, 2.75) is 24.8 Å². The van der Waals surface area contributed by atoms with E-state index in [-0.39, 0.29) is 24.3 Å². The van der Waals surface area contributed by atoms with Gasteiger partial charge in [-0.25, -0.2) is 13.1 Å². The normalized spacial score (nSPS) is 11.9. The van der Waals surface area contributed by atoms with Gasteiger partial charge in [0.2, 0.25) is 10.0 Å². The van der Waals surface area contributed by atoms with Crippen LogP contribution in [0.15, 0.2) is 17.0 Å². The number of hydrogen-bond donors (Lipinski definition) is 1. The second kappa shape index (κ2) is 7.37. The summed E-state index contributed by atoms with van der Waals surface area (Å²) in [6.07, 6.45) is -0.0421. The quantitative estimate of drug-likeness (QED) is 0.459. The van der Waals surface area contributed by atoms with Crippen molar-refractivity contribution in [3.05, 3.63) is 32.3 Å². The Balaban J connectivity index is 3.03. The largest absolute Gasteiger partial charge is 0.377 e. The average Bonchev–Trinajstić information content (AvgIpc) is 2.33. The molecule has 0 aliphatic heterocycles. The van der Waals surface area contributed by atoms with E-state index in [1.54, 1.807) is 0 Å². The summed E-state index contributed by atoms with van der Waals surface area (Å²) >= 11 is 11.6. The van der Waals surface area contributed by atoms with Crippen molar-refractivity contribution in [2.75, 3.05) is 13.2 Å². The monoisotopic (exact) mass is 356 g/mol. The molecule has 0 aliphatic carbocycles. The highest BCUT2D eigenvalue weighted by molar-refractivity contribution is 7.89. The Morgan fingerprint density at radius 1 is 1.38 bits per heavy atom. The molecule has 0 amide bonds. The first-order valence-electron chi connectivity index (χ1n) is 5.90. The van der Waals surface area contributed by atoms with Gasteiger partial charge in [-0.3, -0.25) is 10.1 Å². The lowest BCUT2D eigenvalue weighted by atomic mass is 10.3. The zero-order valence-electron chi connectivity index (χ0n) is 11.3. The van der Waals surface area contributed by atoms with Crippen molar-refractivity contribution in [2.24, 2.45) is 0 Å². The first-order chi connectivity index (χ1) is 9.66. The topological polar surface area (TPSA) is 98.5 Å². The van der Waals surface area contributed by atoms with E-state index in [4.69, 9.17) is 27.9 Å². The molecular weight excluding hydrogens is 343 g/mol. The van der Waals surface area contributed by atoms with Crippen LogP contribution in [-0.2, 0) is 14.8 Å². The predicted octanol–water partition coefficient (Wildman–Crippen LogP) is 2.60. The van der Waals surface area contributed by atoms with Gasteiger partial charge in [0, 0.05) is 12.6 Å². The van der Waals surface area contributed by atoms with Crippen LogP contribution < -0.4 is 4.72 Å². The third-order valence-electron chi connectivity index (χ3n) is 2.34. The van der Waals surface area contributed by atoms with E-state index in [9.17, 15) is 18.5 Å². The number of benzene rings is 1. The highest BCUT2D eigenvalue weighted by atomic mass is 35.5. The summed E-state index contributed by atoms with van der Waals surface area (Å²) in [6, 6.07) is 2.16. The van der Waals surface area contributed by atoms with Crippen LogP contribution in [0.2, 0.25) is 10.0 Å². The maximum absolute atomic E-state index is 12.1. The van der Waals surface area contributed by atoms with E-state index in [2.05, 4.69) is 4.72 Å². The Morgan fingerprint density at radius 2 is 2.00 bits per heavy atom. The van der Waals surface area contributed by atoms with E-state index >= 15 is 0 Å². The molecule has 21 heavy (non-hydrogen) atoms. The minimum Gasteiger partial charge on any atom is -0.377 e. The van der Waals surface area contributed by atoms with Crippen LogP contribution in [0.4, 0.5) is 5.69 Å². The SMILES string of the molecule is CC(C)OCCNS(=O)(=O)c1c(Cl)ccc([N+](=O)[O-])c1Cl. The molecule has 7 nitrogen and oxygen atoms in total. The van der Waals surface area contributed by atoms with Crippen molar-refractivity contribution in [1.82, 2.24) is 4.72 Å². The van der Waals surface area contributed by atoms with E-state index in [0.29, 0.717) is 0 Å². The number of nitrogens with one attached hydrogen (secondary N) is 1. The number of nitro groups is 1. The molecule has 0 spiro atoms. The molecule has 1 N–H and O–H groups in total. The minimum absolute atomic E-state index is 0.00410. The lowest BCUT2D eigenvalue weighted by Gasteiger charge is -2.11. The Bertz CT molecular complexity index is 634. The van der Waals surface area contributed by atoms with Crippen LogP contribution in [0.25, 0.3) is 0 Å². The molecule has 0 atom stereocenters. The molecule has 1 aromatic carbocycles. The lowest BCUT2D eigenvalue weighted by Crippen LogP contribution is -2.28. The summed E-state index contributed by atoms with van der Waals surface area (Å²) in [5.74, 6) is 0. The molecule has 0 unspecified atom stereocenters. The van der Waals surface area contributed by atoms with Crippen molar-refractivity contribution in [3.63, 3.8) is 0 Å². The zero-order valence-corrected chi connectivity index (χ0v) is 13.6. The maximum Gasteiger partial charge on any atom is 0.289 e. The fourth-order valence-electron chi connectivity index (χ4n) is 1.45. The minimum atomic E-state index is -4.07. The summed E-state index contributed by atoms with van der Waals surface area (Å²) in [7, 11) is -4.07. The second-order valence-electron chi connectivity index (χ2n) is 4.28. The highest BCUT2D eigenvalue weighted by Crippen LogP contribution is 2.36. The smallest absolute Gasteiger partial charge is 0.289 e. The van der Waals surface area contributed by atoms with Crippen LogP contribution in [0.5, 0.6) is 0 Å². The maximum atomic E-state index is 12.1. The van der Waals surface area contributed by atoms with Gasteiger partial charge in [-0.2, -0.15) is 0 Å². The number of nitrogens with zero attached hydrogens (tertiary/aromatic N) is 1. The molecule has 118 valence electrons. The predicted molar refractivity (Wildman–Crippen MR) is 79.4 cm³/mol. The third-order valence-corrected chi connectivity index (χ3v) is 4.81. The van der Waals surface area contributed by atoms with E-state index in [1.165, 1.54) is 0 Å². The van der Waals surface area contributed by atoms with Gasteiger partial charge in [-0.1, -0.05) is 23.2 Å². The van der Waals surface area contributed by atoms with Crippen LogP contribution in [0.1, 0.15) is 13.8 Å². The van der Waals surface area contributed by atoms with Crippen molar-refractivity contribution < 1.29 is 18.1 Å². The first-order valence-corrected chi connectivity index (χ1v) is 8.14. The van der Waals surface area contributed by atoms with Crippen molar-refractivity contribution >= 4 is 38.9 Å². The summed E-state index contributed by atoms with van der Waals surface area (Å²) in [6.45, 7) is 3.77. The summed E-state index contributed by atoms with van der Waals surface area (Å²) in [5.41, 5.74) is -0.528. The fraction of sp³-hybridized carbons (Fsp3) is 0.455. The van der Waals surface area contributed by atoms with Crippen molar-refractivity contribution in [1.29, 1.82) is 0 Å². The van der Waals surface area contributed by atoms with E-state index in [1.807, 2.05) is 13.8 Å². The first kappa shape index (κ1) is 18.1. The molecular formula is C11H14Cl2N2O5S. The molecule has 10 heteroatoms. The van der Waals surface area contributed by atoms with Gasteiger partial charge in [0.25, 0.3) is 5.69 Å². The van der Waals surface area contributed by atoms with Gasteiger partial charge in [0.1, 0.15) is 9.92 Å².